The lowest BCUT2D eigenvalue weighted by molar-refractivity contribution is -0.141. The Kier molecular flexibility index (Phi) is 8.69. The molecule has 0 bridgehead atoms. The molecule has 0 amide bonds. The molecule has 1 aromatic carbocycles. The van der Waals surface area contributed by atoms with Crippen LogP contribution in [0.1, 0.15) is 24.1 Å². The smallest absolute Gasteiger partial charge is 0.369 e. The third-order valence-electron chi connectivity index (χ3n) is 5.02. The molecule has 0 atom stereocenters. The largest absolute Gasteiger partial charge is 0.433 e. The summed E-state index contributed by atoms with van der Waals surface area (Å²) in [4.78, 5) is 10.00. The van der Waals surface area contributed by atoms with E-state index in [9.17, 15) is 13.2 Å². The van der Waals surface area contributed by atoms with Crippen molar-refractivity contribution in [1.82, 2.24) is 20.2 Å². The Hall–Kier alpha value is -1.26. The number of rotatable bonds is 8. The van der Waals surface area contributed by atoms with Gasteiger partial charge < -0.3 is 10.6 Å². The van der Waals surface area contributed by atoms with Crippen molar-refractivity contribution in [3.8, 4) is 0 Å². The number of anilines is 1. The van der Waals surface area contributed by atoms with E-state index < -0.39 is 11.9 Å². The maximum absolute atomic E-state index is 13.0. The molecule has 0 unspecified atom stereocenters. The molecule has 0 aliphatic carbocycles. The summed E-state index contributed by atoms with van der Waals surface area (Å²) in [5.41, 5.74) is 0.203. The Morgan fingerprint density at radius 1 is 1.10 bits per heavy atom. The summed E-state index contributed by atoms with van der Waals surface area (Å²) in [7, 11) is 0. The number of hydrogen-bond acceptors (Lipinski definition) is 6. The number of halogens is 5. The molecule has 0 radical (unpaired) electrons. The van der Waals surface area contributed by atoms with Crippen LogP contribution in [0, 0.1) is 0 Å². The predicted octanol–water partition coefficient (Wildman–Crippen LogP) is 5.19. The molecule has 11 heteroatoms. The van der Waals surface area contributed by atoms with E-state index in [2.05, 4.69) is 25.5 Å². The molecule has 1 aliphatic heterocycles. The van der Waals surface area contributed by atoms with Crippen LogP contribution in [-0.4, -0.2) is 53.3 Å². The van der Waals surface area contributed by atoms with Crippen molar-refractivity contribution in [1.29, 1.82) is 0 Å². The summed E-state index contributed by atoms with van der Waals surface area (Å²) < 4.78 is 38.9. The molecule has 2 aromatic rings. The molecule has 0 spiro atoms. The molecular weight excluding hydrogens is 470 g/mol. The van der Waals surface area contributed by atoms with E-state index in [4.69, 9.17) is 23.2 Å². The normalized spacial score (nSPS) is 15.9. The SMILES string of the molecule is CSc1nc(NCCNC2CCN(Cc3ccc(Cl)c(Cl)c3)CC2)cc(C(F)(F)F)n1. The van der Waals surface area contributed by atoms with Crippen LogP contribution in [0.3, 0.4) is 0 Å². The highest BCUT2D eigenvalue weighted by Crippen LogP contribution is 2.30. The van der Waals surface area contributed by atoms with Gasteiger partial charge >= 0.3 is 6.18 Å². The van der Waals surface area contributed by atoms with Gasteiger partial charge in [-0.05, 0) is 49.9 Å². The minimum absolute atomic E-state index is 0.0969. The standard InChI is InChI=1S/C20H24Cl2F3N5S/c1-31-19-28-17(20(23,24)25)11-18(29-19)27-7-6-26-14-4-8-30(9-5-14)12-13-2-3-15(21)16(22)10-13/h2-3,10-11,14,26H,4-9,12H2,1H3,(H,27,28,29). The molecular formula is C20H24Cl2F3N5S. The highest BCUT2D eigenvalue weighted by atomic mass is 35.5. The molecule has 0 saturated carbocycles. The monoisotopic (exact) mass is 493 g/mol. The number of alkyl halides is 3. The highest BCUT2D eigenvalue weighted by molar-refractivity contribution is 7.98. The lowest BCUT2D eigenvalue weighted by Gasteiger charge is -2.32. The second-order valence-corrected chi connectivity index (χ2v) is 8.89. The van der Waals surface area contributed by atoms with Crippen molar-refractivity contribution >= 4 is 40.8 Å². The summed E-state index contributed by atoms with van der Waals surface area (Å²) in [6.45, 7) is 3.87. The fraction of sp³-hybridized carbons (Fsp3) is 0.500. The Morgan fingerprint density at radius 3 is 2.48 bits per heavy atom. The van der Waals surface area contributed by atoms with Gasteiger partial charge in [0.05, 0.1) is 10.0 Å². The van der Waals surface area contributed by atoms with Crippen molar-refractivity contribution in [3.05, 3.63) is 45.6 Å². The average molecular weight is 494 g/mol. The summed E-state index contributed by atoms with van der Waals surface area (Å²) in [5, 5.41) is 7.65. The Morgan fingerprint density at radius 2 is 1.84 bits per heavy atom. The van der Waals surface area contributed by atoms with Crippen LogP contribution in [0.25, 0.3) is 0 Å². The number of aromatic nitrogens is 2. The lowest BCUT2D eigenvalue weighted by atomic mass is 10.0. The van der Waals surface area contributed by atoms with Crippen LogP contribution in [0.15, 0.2) is 29.4 Å². The third-order valence-corrected chi connectivity index (χ3v) is 6.31. The number of piperidine rings is 1. The second kappa shape index (κ2) is 11.0. The van der Waals surface area contributed by atoms with Gasteiger partial charge in [-0.3, -0.25) is 4.90 Å². The lowest BCUT2D eigenvalue weighted by Crippen LogP contribution is -2.43. The van der Waals surface area contributed by atoms with Crippen molar-refractivity contribution in [2.24, 2.45) is 0 Å². The Bertz CT molecular complexity index is 876. The van der Waals surface area contributed by atoms with Crippen molar-refractivity contribution < 1.29 is 13.2 Å². The summed E-state index contributed by atoms with van der Waals surface area (Å²) in [5.74, 6) is 0.185. The first-order valence-corrected chi connectivity index (χ1v) is 11.9. The minimum Gasteiger partial charge on any atom is -0.369 e. The van der Waals surface area contributed by atoms with Crippen molar-refractivity contribution in [3.63, 3.8) is 0 Å². The molecule has 2 N–H and O–H groups in total. The molecule has 31 heavy (non-hydrogen) atoms. The number of hydrogen-bond donors (Lipinski definition) is 2. The molecule has 1 aromatic heterocycles. The minimum atomic E-state index is -4.49. The van der Waals surface area contributed by atoms with E-state index >= 15 is 0 Å². The maximum atomic E-state index is 13.0. The molecule has 1 aliphatic rings. The molecule has 3 rings (SSSR count). The van der Waals surface area contributed by atoms with Gasteiger partial charge in [0.15, 0.2) is 10.9 Å². The molecule has 170 valence electrons. The van der Waals surface area contributed by atoms with Crippen molar-refractivity contribution in [2.45, 2.75) is 36.8 Å². The first kappa shape index (κ1) is 24.4. The average Bonchev–Trinajstić information content (AvgIpc) is 2.74. The zero-order valence-corrected chi connectivity index (χ0v) is 19.3. The first-order chi connectivity index (χ1) is 14.7. The molecule has 1 saturated heterocycles. The van der Waals surface area contributed by atoms with Gasteiger partial charge in [-0.1, -0.05) is 41.0 Å². The molecule has 5 nitrogen and oxygen atoms in total. The van der Waals surface area contributed by atoms with Gasteiger partial charge in [0.1, 0.15) is 5.82 Å². The predicted molar refractivity (Wildman–Crippen MR) is 120 cm³/mol. The van der Waals surface area contributed by atoms with Crippen LogP contribution >= 0.6 is 35.0 Å². The van der Waals surface area contributed by atoms with Gasteiger partial charge in [0.25, 0.3) is 0 Å². The number of thioether (sulfide) groups is 1. The van der Waals surface area contributed by atoms with Crippen LogP contribution in [0.2, 0.25) is 10.0 Å². The van der Waals surface area contributed by atoms with Crippen LogP contribution in [0.5, 0.6) is 0 Å². The van der Waals surface area contributed by atoms with Crippen LogP contribution < -0.4 is 10.6 Å². The summed E-state index contributed by atoms with van der Waals surface area (Å²) in [6, 6.07) is 7.04. The third kappa shape index (κ3) is 7.39. The van der Waals surface area contributed by atoms with Gasteiger partial charge in [0.2, 0.25) is 0 Å². The fourth-order valence-corrected chi connectivity index (χ4v) is 4.11. The van der Waals surface area contributed by atoms with E-state index in [0.29, 0.717) is 29.2 Å². The number of nitrogens with zero attached hydrogens (tertiary/aromatic N) is 3. The van der Waals surface area contributed by atoms with Gasteiger partial charge in [0, 0.05) is 31.7 Å². The van der Waals surface area contributed by atoms with Gasteiger partial charge in [-0.15, -0.1) is 0 Å². The van der Waals surface area contributed by atoms with E-state index in [1.165, 1.54) is 0 Å². The topological polar surface area (TPSA) is 53.1 Å². The maximum Gasteiger partial charge on any atom is 0.433 e. The van der Waals surface area contributed by atoms with Gasteiger partial charge in [-0.25, -0.2) is 9.97 Å². The number of nitrogens with one attached hydrogen (secondary N) is 2. The second-order valence-electron chi connectivity index (χ2n) is 7.30. The zero-order valence-electron chi connectivity index (χ0n) is 17.0. The zero-order chi connectivity index (χ0) is 22.4. The molecule has 2 heterocycles. The van der Waals surface area contributed by atoms with Crippen LogP contribution in [-0.2, 0) is 12.7 Å². The fourth-order valence-electron chi connectivity index (χ4n) is 3.41. The number of likely N-dealkylation sites (tertiary alicyclic amines) is 1. The Balaban J connectivity index is 1.40. The van der Waals surface area contributed by atoms with E-state index in [-0.39, 0.29) is 11.0 Å². The van der Waals surface area contributed by atoms with E-state index in [1.807, 2.05) is 18.2 Å². The van der Waals surface area contributed by atoms with E-state index in [0.717, 1.165) is 55.9 Å². The van der Waals surface area contributed by atoms with Crippen LogP contribution in [0.4, 0.5) is 19.0 Å². The molecule has 1 fully saturated rings. The quantitative estimate of drug-likeness (QED) is 0.299. The van der Waals surface area contributed by atoms with Gasteiger partial charge in [-0.2, -0.15) is 13.2 Å². The van der Waals surface area contributed by atoms with E-state index in [1.54, 1.807) is 6.26 Å². The highest BCUT2D eigenvalue weighted by Gasteiger charge is 2.33. The summed E-state index contributed by atoms with van der Waals surface area (Å²) in [6.07, 6.45) is -0.838. The Labute approximate surface area is 194 Å². The summed E-state index contributed by atoms with van der Waals surface area (Å²) >= 11 is 13.1. The number of benzene rings is 1. The van der Waals surface area contributed by atoms with Crippen molar-refractivity contribution in [2.75, 3.05) is 37.8 Å². The first-order valence-electron chi connectivity index (χ1n) is 9.88.